The summed E-state index contributed by atoms with van der Waals surface area (Å²) in [4.78, 5) is 42.8. The summed E-state index contributed by atoms with van der Waals surface area (Å²) < 4.78 is 40.7. The Bertz CT molecular complexity index is 3110. The molecule has 0 bridgehead atoms. The Morgan fingerprint density at radius 1 is 0.590 bits per heavy atom. The molecule has 5 aromatic carbocycles. The van der Waals surface area contributed by atoms with Gasteiger partial charge in [-0.2, -0.15) is 15.8 Å². The van der Waals surface area contributed by atoms with Gasteiger partial charge in [-0.25, -0.2) is 0 Å². The molecule has 0 radical (unpaired) electrons. The van der Waals surface area contributed by atoms with E-state index in [4.69, 9.17) is 22.5 Å². The molecule has 3 heterocycles. The second-order valence-corrected chi connectivity index (χ2v) is 13.5. The maximum atomic E-state index is 12.3. The zero-order valence-electron chi connectivity index (χ0n) is 32.2. The molecule has 9 N–H and O–H groups in total. The van der Waals surface area contributed by atoms with Gasteiger partial charge in [0, 0.05) is 32.8 Å². The lowest BCUT2D eigenvalue weighted by Crippen LogP contribution is -2.16. The molecule has 8 rings (SSSR count). The highest BCUT2D eigenvalue weighted by Gasteiger charge is 2.31. The molecule has 0 saturated carbocycles. The fourth-order valence-electron chi connectivity index (χ4n) is 6.70. The Labute approximate surface area is 344 Å². The lowest BCUT2D eigenvalue weighted by atomic mass is 9.98. The summed E-state index contributed by atoms with van der Waals surface area (Å²) in [6.07, 6.45) is -4.78. The number of hydrogen-bond acceptors (Lipinski definition) is 7. The standard InChI is InChI=1S/C18H12F3N3O2.C18H12N4O.C9H8N2O/c1-9-13-6-10(8-22)7-14(16(13)24-15(9)17(23)25)11-2-4-12(5-3-11)26-18(19,20)21;1-10-14-6-12(9-20)7-15(17(14)22-16(10)18(21)23)13-4-2-11(8-19)3-5-13;10-9(12)8-5-6-3-1-2-4-7(6)11-8/h2-7,24H,1H3,(H2,23,25);2-7,22H,1H3,(H2,21,23);1-5,11H,(H2,10,12). The third kappa shape index (κ3) is 9.02. The van der Waals surface area contributed by atoms with Crippen LogP contribution in [-0.4, -0.2) is 39.0 Å². The van der Waals surface area contributed by atoms with Gasteiger partial charge in [-0.15, -0.1) is 13.2 Å². The van der Waals surface area contributed by atoms with Crippen LogP contribution in [-0.2, 0) is 0 Å². The van der Waals surface area contributed by atoms with Crippen molar-refractivity contribution in [3.8, 4) is 46.2 Å². The number of aromatic nitrogens is 3. The highest BCUT2D eigenvalue weighted by atomic mass is 19.4. The molecule has 16 heteroatoms. The molecule has 61 heavy (non-hydrogen) atoms. The van der Waals surface area contributed by atoms with Crippen molar-refractivity contribution in [2.45, 2.75) is 20.2 Å². The fraction of sp³-hybridized carbons (Fsp3) is 0.0667. The van der Waals surface area contributed by atoms with Crippen LogP contribution < -0.4 is 21.9 Å². The molecule has 3 amide bonds. The average molecular weight is 820 g/mol. The largest absolute Gasteiger partial charge is 0.573 e. The highest BCUT2D eigenvalue weighted by molar-refractivity contribution is 6.06. The van der Waals surface area contributed by atoms with Gasteiger partial charge in [0.2, 0.25) is 0 Å². The van der Waals surface area contributed by atoms with Gasteiger partial charge in [0.15, 0.2) is 0 Å². The topological polar surface area (TPSA) is 257 Å². The number of halogens is 3. The number of carbonyl (C=O) groups excluding carboxylic acids is 3. The van der Waals surface area contributed by atoms with Crippen molar-refractivity contribution in [2.75, 3.05) is 0 Å². The van der Waals surface area contributed by atoms with E-state index in [0.29, 0.717) is 55.7 Å². The smallest absolute Gasteiger partial charge is 0.406 e. The summed E-state index contributed by atoms with van der Waals surface area (Å²) in [6.45, 7) is 3.49. The molecule has 0 aliphatic carbocycles. The Morgan fingerprint density at radius 2 is 1.05 bits per heavy atom. The van der Waals surface area contributed by atoms with Crippen molar-refractivity contribution in [2.24, 2.45) is 17.2 Å². The average Bonchev–Trinajstić information content (AvgIpc) is 3.94. The zero-order chi connectivity index (χ0) is 44.2. The number of nitriles is 3. The molecule has 302 valence electrons. The van der Waals surface area contributed by atoms with Crippen molar-refractivity contribution in [1.82, 2.24) is 15.0 Å². The zero-order valence-corrected chi connectivity index (χ0v) is 32.2. The predicted molar refractivity (Wildman–Crippen MR) is 222 cm³/mol. The number of carbonyl (C=O) groups is 3. The number of H-pyrrole nitrogens is 3. The van der Waals surface area contributed by atoms with Crippen molar-refractivity contribution < 1.29 is 32.3 Å². The molecule has 0 spiro atoms. The highest BCUT2D eigenvalue weighted by Crippen LogP contribution is 2.35. The van der Waals surface area contributed by atoms with Crippen molar-refractivity contribution >= 4 is 50.4 Å². The number of aryl methyl sites for hydroxylation is 2. The quantitative estimate of drug-likeness (QED) is 0.0956. The third-order valence-electron chi connectivity index (χ3n) is 9.61. The number of ether oxygens (including phenoxy) is 1. The second kappa shape index (κ2) is 17.0. The minimum absolute atomic E-state index is 0.216. The first-order valence-corrected chi connectivity index (χ1v) is 18.0. The summed E-state index contributed by atoms with van der Waals surface area (Å²) in [6, 6.07) is 34.6. The van der Waals surface area contributed by atoms with Crippen LogP contribution in [0.4, 0.5) is 13.2 Å². The Kier molecular flexibility index (Phi) is 11.6. The Morgan fingerprint density at radius 3 is 1.46 bits per heavy atom. The summed E-state index contributed by atoms with van der Waals surface area (Å²) in [5.74, 6) is -1.96. The number of primary amides is 3. The molecule has 0 aliphatic heterocycles. The minimum Gasteiger partial charge on any atom is -0.406 e. The summed E-state index contributed by atoms with van der Waals surface area (Å²) in [7, 11) is 0. The normalized spacial score (nSPS) is 10.7. The van der Waals surface area contributed by atoms with Gasteiger partial charge < -0.3 is 36.9 Å². The van der Waals surface area contributed by atoms with Crippen LogP contribution in [0.2, 0.25) is 0 Å². The van der Waals surface area contributed by atoms with Gasteiger partial charge in [0.05, 0.1) is 45.9 Å². The Balaban J connectivity index is 0.000000162. The predicted octanol–water partition coefficient (Wildman–Crippen LogP) is 8.26. The number of alkyl halides is 3. The summed E-state index contributed by atoms with van der Waals surface area (Å²) >= 11 is 0. The minimum atomic E-state index is -4.78. The lowest BCUT2D eigenvalue weighted by Gasteiger charge is -2.10. The second-order valence-electron chi connectivity index (χ2n) is 13.5. The van der Waals surface area contributed by atoms with Crippen molar-refractivity contribution in [1.29, 1.82) is 15.8 Å². The fourth-order valence-corrected chi connectivity index (χ4v) is 6.70. The number of aromatic amines is 3. The monoisotopic (exact) mass is 819 g/mol. The maximum absolute atomic E-state index is 12.3. The van der Waals surface area contributed by atoms with Gasteiger partial charge in [0.25, 0.3) is 17.7 Å². The van der Waals surface area contributed by atoms with Crippen LogP contribution >= 0.6 is 0 Å². The van der Waals surface area contributed by atoms with E-state index in [9.17, 15) is 38.1 Å². The third-order valence-corrected chi connectivity index (χ3v) is 9.61. The maximum Gasteiger partial charge on any atom is 0.573 e. The molecular formula is C45H32F3N9O4. The van der Waals surface area contributed by atoms with Gasteiger partial charge in [-0.1, -0.05) is 42.5 Å². The van der Waals surface area contributed by atoms with Gasteiger partial charge in [0.1, 0.15) is 22.8 Å². The number of amides is 3. The summed E-state index contributed by atoms with van der Waals surface area (Å²) in [5.41, 5.74) is 24.6. The number of nitrogens with two attached hydrogens (primary N) is 3. The van der Waals surface area contributed by atoms with E-state index in [1.807, 2.05) is 42.5 Å². The molecule has 0 aliphatic rings. The van der Waals surface area contributed by atoms with E-state index in [1.54, 1.807) is 56.3 Å². The van der Waals surface area contributed by atoms with Crippen LogP contribution in [0.25, 0.3) is 55.0 Å². The number of nitrogens with zero attached hydrogens (tertiary/aromatic N) is 3. The van der Waals surface area contributed by atoms with E-state index in [-0.39, 0.29) is 11.4 Å². The van der Waals surface area contributed by atoms with Crippen LogP contribution in [0.15, 0.2) is 103 Å². The molecule has 13 nitrogen and oxygen atoms in total. The SMILES string of the molecule is Cc1c(C(N)=O)[nH]c2c(-c3ccc(C#N)cc3)cc(C#N)cc12.Cc1c(C(N)=O)[nH]c2c(-c3ccc(OC(F)(F)F)cc3)cc(C#N)cc12.NC(=O)c1cc2ccccc2[nH]1. The number of fused-ring (bicyclic) bond motifs is 3. The van der Waals surface area contributed by atoms with E-state index < -0.39 is 24.1 Å². The summed E-state index contributed by atoms with van der Waals surface area (Å²) in [5, 5.41) is 29.9. The van der Waals surface area contributed by atoms with Crippen LogP contribution in [0.5, 0.6) is 5.75 Å². The van der Waals surface area contributed by atoms with E-state index in [0.717, 1.165) is 38.5 Å². The van der Waals surface area contributed by atoms with Crippen LogP contribution in [0.3, 0.4) is 0 Å². The number of nitrogens with one attached hydrogen (secondary N) is 3. The first-order valence-electron chi connectivity index (χ1n) is 18.0. The lowest BCUT2D eigenvalue weighted by molar-refractivity contribution is -0.274. The Hall–Kier alpha value is -8.81. The van der Waals surface area contributed by atoms with Gasteiger partial charge in [-0.05, 0) is 96.8 Å². The van der Waals surface area contributed by atoms with E-state index in [2.05, 4.69) is 31.8 Å². The van der Waals surface area contributed by atoms with Crippen LogP contribution in [0, 0.1) is 47.8 Å². The number of hydrogen-bond donors (Lipinski definition) is 6. The van der Waals surface area contributed by atoms with E-state index >= 15 is 0 Å². The number of rotatable bonds is 6. The molecular weight excluding hydrogens is 788 g/mol. The van der Waals surface area contributed by atoms with Crippen molar-refractivity contribution in [3.63, 3.8) is 0 Å². The van der Waals surface area contributed by atoms with Gasteiger partial charge in [-0.3, -0.25) is 14.4 Å². The van der Waals surface area contributed by atoms with Gasteiger partial charge >= 0.3 is 6.36 Å². The molecule has 0 fully saturated rings. The molecule has 0 atom stereocenters. The van der Waals surface area contributed by atoms with Crippen LogP contribution in [0.1, 0.15) is 59.3 Å². The molecule has 0 unspecified atom stereocenters. The number of para-hydroxylation sites is 1. The first kappa shape index (κ1) is 41.8. The molecule has 3 aromatic heterocycles. The molecule has 8 aromatic rings. The van der Waals surface area contributed by atoms with Crippen molar-refractivity contribution in [3.05, 3.63) is 148 Å². The number of benzene rings is 5. The first-order chi connectivity index (χ1) is 29.0. The van der Waals surface area contributed by atoms with E-state index in [1.165, 1.54) is 24.3 Å². The molecule has 0 saturated heterocycles.